The molecule has 148 valence electrons. The van der Waals surface area contributed by atoms with Crippen LogP contribution in [0.2, 0.25) is 0 Å². The molecule has 0 unspecified atom stereocenters. The molecular weight excluding hydrogens is 416 g/mol. The highest BCUT2D eigenvalue weighted by molar-refractivity contribution is 7.13. The SMILES string of the molecule is O=C(Cc1csc(-c2ccccc2)n1)OCc1csc(-c2cc3ccccc3o2)n1. The fourth-order valence-corrected chi connectivity index (χ4v) is 4.61. The van der Waals surface area contributed by atoms with Gasteiger partial charge in [0.05, 0.1) is 17.8 Å². The van der Waals surface area contributed by atoms with E-state index in [4.69, 9.17) is 9.15 Å². The fourth-order valence-electron chi connectivity index (χ4n) is 3.03. The summed E-state index contributed by atoms with van der Waals surface area (Å²) in [5.41, 5.74) is 3.29. The van der Waals surface area contributed by atoms with E-state index in [0.717, 1.165) is 32.3 Å². The van der Waals surface area contributed by atoms with Gasteiger partial charge in [-0.2, -0.15) is 0 Å². The van der Waals surface area contributed by atoms with Crippen LogP contribution in [0.4, 0.5) is 0 Å². The third-order valence-electron chi connectivity index (χ3n) is 4.47. The number of fused-ring (bicyclic) bond motifs is 1. The minimum absolute atomic E-state index is 0.130. The summed E-state index contributed by atoms with van der Waals surface area (Å²) in [4.78, 5) is 21.3. The van der Waals surface area contributed by atoms with Gasteiger partial charge in [-0.25, -0.2) is 9.97 Å². The van der Waals surface area contributed by atoms with Crippen molar-refractivity contribution in [3.63, 3.8) is 0 Å². The van der Waals surface area contributed by atoms with E-state index in [2.05, 4.69) is 9.97 Å². The quantitative estimate of drug-likeness (QED) is 0.310. The zero-order valence-corrected chi connectivity index (χ0v) is 17.4. The Labute approximate surface area is 180 Å². The molecule has 7 heteroatoms. The maximum absolute atomic E-state index is 12.2. The number of rotatable bonds is 6. The number of esters is 1. The summed E-state index contributed by atoms with van der Waals surface area (Å²) in [5.74, 6) is 0.396. The van der Waals surface area contributed by atoms with Crippen LogP contribution in [0.5, 0.6) is 0 Å². The maximum Gasteiger partial charge on any atom is 0.312 e. The van der Waals surface area contributed by atoms with E-state index in [1.807, 2.05) is 71.4 Å². The third kappa shape index (κ3) is 4.03. The van der Waals surface area contributed by atoms with Crippen molar-refractivity contribution < 1.29 is 13.9 Å². The van der Waals surface area contributed by atoms with Crippen LogP contribution in [0, 0.1) is 0 Å². The Kier molecular flexibility index (Phi) is 5.13. The summed E-state index contributed by atoms with van der Waals surface area (Å²) in [7, 11) is 0. The fraction of sp³-hybridized carbons (Fsp3) is 0.0870. The Hall–Kier alpha value is -3.29. The highest BCUT2D eigenvalue weighted by Crippen LogP contribution is 2.30. The molecule has 0 atom stereocenters. The highest BCUT2D eigenvalue weighted by Gasteiger charge is 2.13. The molecule has 0 saturated carbocycles. The van der Waals surface area contributed by atoms with E-state index in [1.54, 1.807) is 0 Å². The van der Waals surface area contributed by atoms with Crippen molar-refractivity contribution in [2.24, 2.45) is 0 Å². The van der Waals surface area contributed by atoms with Crippen molar-refractivity contribution in [2.75, 3.05) is 0 Å². The van der Waals surface area contributed by atoms with Gasteiger partial charge in [-0.15, -0.1) is 22.7 Å². The molecular formula is C23H16N2O3S2. The molecule has 30 heavy (non-hydrogen) atoms. The standard InChI is InChI=1S/C23H16N2O3S2/c26-21(11-17-13-29-22(24-17)15-6-2-1-3-7-15)27-12-18-14-30-23(25-18)20-10-16-8-4-5-9-19(16)28-20/h1-10,13-14H,11-12H2. The lowest BCUT2D eigenvalue weighted by molar-refractivity contribution is -0.144. The van der Waals surface area contributed by atoms with Crippen molar-refractivity contribution >= 4 is 39.6 Å². The van der Waals surface area contributed by atoms with E-state index in [0.29, 0.717) is 11.4 Å². The Balaban J connectivity index is 1.20. The van der Waals surface area contributed by atoms with Gasteiger partial charge in [-0.1, -0.05) is 48.5 Å². The lowest BCUT2D eigenvalue weighted by Gasteiger charge is -2.01. The molecule has 0 aliphatic rings. The first-order chi connectivity index (χ1) is 14.7. The van der Waals surface area contributed by atoms with Gasteiger partial charge in [0.2, 0.25) is 0 Å². The largest absolute Gasteiger partial charge is 0.459 e. The normalized spacial score (nSPS) is 11.1. The van der Waals surface area contributed by atoms with Crippen molar-refractivity contribution in [3.05, 3.63) is 82.8 Å². The van der Waals surface area contributed by atoms with Crippen LogP contribution in [0.15, 0.2) is 75.8 Å². The van der Waals surface area contributed by atoms with Crippen LogP contribution in [0.1, 0.15) is 11.4 Å². The molecule has 0 aliphatic carbocycles. The average Bonchev–Trinajstić information content (AvgIpc) is 3.52. The molecule has 5 rings (SSSR count). The Morgan fingerprint density at radius 3 is 2.50 bits per heavy atom. The van der Waals surface area contributed by atoms with Gasteiger partial charge >= 0.3 is 5.97 Å². The first-order valence-corrected chi connectivity index (χ1v) is 11.1. The van der Waals surface area contributed by atoms with Crippen LogP contribution in [-0.2, 0) is 22.6 Å². The number of nitrogens with zero attached hydrogens (tertiary/aromatic N) is 2. The molecule has 0 radical (unpaired) electrons. The summed E-state index contributed by atoms with van der Waals surface area (Å²) < 4.78 is 11.2. The van der Waals surface area contributed by atoms with E-state index >= 15 is 0 Å². The number of hydrogen-bond donors (Lipinski definition) is 0. The Bertz CT molecular complexity index is 1270. The van der Waals surface area contributed by atoms with Crippen LogP contribution >= 0.6 is 22.7 Å². The molecule has 0 N–H and O–H groups in total. The smallest absolute Gasteiger partial charge is 0.312 e. The monoisotopic (exact) mass is 432 g/mol. The number of ether oxygens (including phenoxy) is 1. The summed E-state index contributed by atoms with van der Waals surface area (Å²) in [6, 6.07) is 19.7. The van der Waals surface area contributed by atoms with Gasteiger partial charge in [0, 0.05) is 21.7 Å². The summed E-state index contributed by atoms with van der Waals surface area (Å²) in [6.07, 6.45) is 0.143. The summed E-state index contributed by atoms with van der Waals surface area (Å²) in [5, 5.41) is 6.48. The van der Waals surface area contributed by atoms with Crippen molar-refractivity contribution in [2.45, 2.75) is 13.0 Å². The molecule has 5 aromatic rings. The molecule has 0 aliphatic heterocycles. The highest BCUT2D eigenvalue weighted by atomic mass is 32.1. The number of benzene rings is 2. The summed E-state index contributed by atoms with van der Waals surface area (Å²) >= 11 is 2.99. The molecule has 3 heterocycles. The molecule has 0 amide bonds. The molecule has 0 fully saturated rings. The molecule has 0 bridgehead atoms. The Morgan fingerprint density at radius 1 is 0.900 bits per heavy atom. The van der Waals surface area contributed by atoms with Crippen LogP contribution in [0.25, 0.3) is 32.3 Å². The molecule has 5 nitrogen and oxygen atoms in total. The minimum atomic E-state index is -0.321. The van der Waals surface area contributed by atoms with Crippen LogP contribution in [0.3, 0.4) is 0 Å². The zero-order chi connectivity index (χ0) is 20.3. The number of carbonyl (C=O) groups excluding carboxylic acids is 1. The Morgan fingerprint density at radius 2 is 1.63 bits per heavy atom. The molecule has 2 aromatic carbocycles. The van der Waals surface area contributed by atoms with Crippen molar-refractivity contribution in [1.82, 2.24) is 9.97 Å². The van der Waals surface area contributed by atoms with Crippen molar-refractivity contribution in [3.8, 4) is 21.3 Å². The van der Waals surface area contributed by atoms with Gasteiger partial charge < -0.3 is 9.15 Å². The third-order valence-corrected chi connectivity index (χ3v) is 6.31. The molecule has 3 aromatic heterocycles. The average molecular weight is 433 g/mol. The first-order valence-electron chi connectivity index (χ1n) is 9.33. The second kappa shape index (κ2) is 8.22. The number of hydrogen-bond acceptors (Lipinski definition) is 7. The van der Waals surface area contributed by atoms with Gasteiger partial charge in [-0.3, -0.25) is 4.79 Å². The lowest BCUT2D eigenvalue weighted by Crippen LogP contribution is -2.08. The van der Waals surface area contributed by atoms with Crippen LogP contribution < -0.4 is 0 Å². The number of para-hydroxylation sites is 1. The van der Waals surface area contributed by atoms with Crippen LogP contribution in [-0.4, -0.2) is 15.9 Å². The van der Waals surface area contributed by atoms with Gasteiger partial charge in [0.1, 0.15) is 17.2 Å². The topological polar surface area (TPSA) is 65.2 Å². The van der Waals surface area contributed by atoms with E-state index in [1.165, 1.54) is 22.7 Å². The zero-order valence-electron chi connectivity index (χ0n) is 15.8. The maximum atomic E-state index is 12.2. The van der Waals surface area contributed by atoms with E-state index in [-0.39, 0.29) is 19.0 Å². The molecule has 0 spiro atoms. The predicted octanol–water partition coefficient (Wildman–Crippen LogP) is 5.97. The lowest BCUT2D eigenvalue weighted by atomic mass is 10.2. The second-order valence-electron chi connectivity index (χ2n) is 6.64. The molecule has 0 saturated heterocycles. The first kappa shape index (κ1) is 18.7. The summed E-state index contributed by atoms with van der Waals surface area (Å²) in [6.45, 7) is 0.130. The van der Waals surface area contributed by atoms with Crippen molar-refractivity contribution in [1.29, 1.82) is 0 Å². The number of carbonyl (C=O) groups is 1. The minimum Gasteiger partial charge on any atom is -0.459 e. The predicted molar refractivity (Wildman–Crippen MR) is 118 cm³/mol. The van der Waals surface area contributed by atoms with E-state index < -0.39 is 0 Å². The van der Waals surface area contributed by atoms with Gasteiger partial charge in [0.25, 0.3) is 0 Å². The number of thiazole rings is 2. The van der Waals surface area contributed by atoms with E-state index in [9.17, 15) is 4.79 Å². The second-order valence-corrected chi connectivity index (χ2v) is 8.36. The van der Waals surface area contributed by atoms with Gasteiger partial charge in [-0.05, 0) is 12.1 Å². The number of furan rings is 1. The number of aromatic nitrogens is 2. The van der Waals surface area contributed by atoms with Gasteiger partial charge in [0.15, 0.2) is 10.8 Å².